The number of rotatable bonds is 4. The van der Waals surface area contributed by atoms with Gasteiger partial charge in [-0.05, 0) is 18.9 Å². The molecule has 0 amide bonds. The minimum atomic E-state index is 0.820. The van der Waals surface area contributed by atoms with Gasteiger partial charge in [0.05, 0.1) is 17.9 Å². The molecule has 1 aliphatic heterocycles. The molecule has 2 heterocycles. The van der Waals surface area contributed by atoms with E-state index in [4.69, 9.17) is 4.74 Å². The van der Waals surface area contributed by atoms with Crippen molar-refractivity contribution in [3.63, 3.8) is 0 Å². The molecule has 0 saturated heterocycles. The lowest BCUT2D eigenvalue weighted by Gasteiger charge is -2.13. The molecule has 0 aliphatic carbocycles. The van der Waals surface area contributed by atoms with Crippen molar-refractivity contribution < 1.29 is 4.74 Å². The van der Waals surface area contributed by atoms with Gasteiger partial charge in [-0.1, -0.05) is 0 Å². The number of hydrogen-bond acceptors (Lipinski definition) is 3. The Morgan fingerprint density at radius 2 is 2.57 bits per heavy atom. The summed E-state index contributed by atoms with van der Waals surface area (Å²) in [6.45, 7) is 3.81. The SMILES string of the molecule is COCCCc1cc2n(n1)CCNC2. The molecule has 78 valence electrons. The highest BCUT2D eigenvalue weighted by molar-refractivity contribution is 5.11. The molecule has 0 unspecified atom stereocenters. The topological polar surface area (TPSA) is 39.1 Å². The third-order valence-electron chi connectivity index (χ3n) is 2.50. The molecule has 4 heteroatoms. The maximum Gasteiger partial charge on any atom is 0.0628 e. The van der Waals surface area contributed by atoms with E-state index in [1.807, 2.05) is 0 Å². The molecular formula is C10H17N3O. The summed E-state index contributed by atoms with van der Waals surface area (Å²) >= 11 is 0. The van der Waals surface area contributed by atoms with E-state index in [0.29, 0.717) is 0 Å². The lowest BCUT2D eigenvalue weighted by Crippen LogP contribution is -2.28. The maximum absolute atomic E-state index is 5.02. The lowest BCUT2D eigenvalue weighted by atomic mass is 10.2. The van der Waals surface area contributed by atoms with Crippen LogP contribution in [0.4, 0.5) is 0 Å². The van der Waals surface area contributed by atoms with Crippen molar-refractivity contribution in [1.29, 1.82) is 0 Å². The van der Waals surface area contributed by atoms with Crippen LogP contribution in [0.15, 0.2) is 6.07 Å². The molecular weight excluding hydrogens is 178 g/mol. The Labute approximate surface area is 84.3 Å². The van der Waals surface area contributed by atoms with E-state index in [9.17, 15) is 0 Å². The van der Waals surface area contributed by atoms with Gasteiger partial charge in [-0.2, -0.15) is 5.10 Å². The summed E-state index contributed by atoms with van der Waals surface area (Å²) in [6.07, 6.45) is 2.08. The molecule has 0 fully saturated rings. The Morgan fingerprint density at radius 1 is 1.64 bits per heavy atom. The Hall–Kier alpha value is -0.870. The van der Waals surface area contributed by atoms with Gasteiger partial charge in [-0.25, -0.2) is 0 Å². The Kier molecular flexibility index (Phi) is 3.16. The lowest BCUT2D eigenvalue weighted by molar-refractivity contribution is 0.195. The fourth-order valence-electron chi connectivity index (χ4n) is 1.77. The summed E-state index contributed by atoms with van der Waals surface area (Å²) in [5, 5.41) is 7.88. The number of nitrogens with zero attached hydrogens (tertiary/aromatic N) is 2. The average Bonchev–Trinajstić information content (AvgIpc) is 2.60. The minimum absolute atomic E-state index is 0.820. The normalized spacial score (nSPS) is 15.5. The number of hydrogen-bond donors (Lipinski definition) is 1. The van der Waals surface area contributed by atoms with Crippen molar-refractivity contribution in [2.45, 2.75) is 25.9 Å². The monoisotopic (exact) mass is 195 g/mol. The van der Waals surface area contributed by atoms with E-state index >= 15 is 0 Å². The fraction of sp³-hybridized carbons (Fsp3) is 0.700. The van der Waals surface area contributed by atoms with Gasteiger partial charge in [0.1, 0.15) is 0 Å². The van der Waals surface area contributed by atoms with Crippen molar-refractivity contribution in [2.75, 3.05) is 20.3 Å². The first-order chi connectivity index (χ1) is 6.90. The van der Waals surface area contributed by atoms with E-state index in [1.54, 1.807) is 7.11 Å². The summed E-state index contributed by atoms with van der Waals surface area (Å²) in [4.78, 5) is 0. The molecule has 4 nitrogen and oxygen atoms in total. The highest BCUT2D eigenvalue weighted by atomic mass is 16.5. The molecule has 14 heavy (non-hydrogen) atoms. The highest BCUT2D eigenvalue weighted by Gasteiger charge is 2.10. The van der Waals surface area contributed by atoms with Gasteiger partial charge in [0.15, 0.2) is 0 Å². The zero-order valence-corrected chi connectivity index (χ0v) is 8.62. The zero-order valence-electron chi connectivity index (χ0n) is 8.62. The third kappa shape index (κ3) is 2.13. The van der Waals surface area contributed by atoms with Gasteiger partial charge < -0.3 is 10.1 Å². The summed E-state index contributed by atoms with van der Waals surface area (Å²) < 4.78 is 7.13. The van der Waals surface area contributed by atoms with Crippen LogP contribution in [0.2, 0.25) is 0 Å². The van der Waals surface area contributed by atoms with Crippen LogP contribution in [0.5, 0.6) is 0 Å². The maximum atomic E-state index is 5.02. The number of fused-ring (bicyclic) bond motifs is 1. The van der Waals surface area contributed by atoms with Crippen LogP contribution in [0.3, 0.4) is 0 Å². The zero-order chi connectivity index (χ0) is 9.80. The number of aryl methyl sites for hydroxylation is 1. The second-order valence-corrected chi connectivity index (χ2v) is 3.62. The Bertz CT molecular complexity index is 272. The molecule has 0 saturated carbocycles. The van der Waals surface area contributed by atoms with E-state index < -0.39 is 0 Å². The first kappa shape index (κ1) is 9.68. The number of nitrogens with one attached hydrogen (secondary N) is 1. The minimum Gasteiger partial charge on any atom is -0.385 e. The number of methoxy groups -OCH3 is 1. The molecule has 1 N–H and O–H groups in total. The summed E-state index contributed by atoms with van der Waals surface area (Å²) in [5.74, 6) is 0. The van der Waals surface area contributed by atoms with E-state index in [2.05, 4.69) is 21.2 Å². The van der Waals surface area contributed by atoms with Gasteiger partial charge in [-0.3, -0.25) is 4.68 Å². The van der Waals surface area contributed by atoms with Crippen molar-refractivity contribution in [1.82, 2.24) is 15.1 Å². The van der Waals surface area contributed by atoms with Crippen molar-refractivity contribution in [3.8, 4) is 0 Å². The summed E-state index contributed by atoms with van der Waals surface area (Å²) in [7, 11) is 1.74. The van der Waals surface area contributed by atoms with Crippen LogP contribution in [0.1, 0.15) is 17.8 Å². The van der Waals surface area contributed by atoms with Crippen molar-refractivity contribution in [3.05, 3.63) is 17.5 Å². The van der Waals surface area contributed by atoms with E-state index in [0.717, 1.165) is 39.1 Å². The predicted molar refractivity (Wildman–Crippen MR) is 54.1 cm³/mol. The summed E-state index contributed by atoms with van der Waals surface area (Å²) in [6, 6.07) is 2.20. The van der Waals surface area contributed by atoms with Crippen molar-refractivity contribution in [2.24, 2.45) is 0 Å². The number of aromatic nitrogens is 2. The standard InChI is InChI=1S/C10H17N3O/c1-14-6-2-3-9-7-10-8-11-4-5-13(10)12-9/h7,11H,2-6,8H2,1H3. The largest absolute Gasteiger partial charge is 0.385 e. The molecule has 2 rings (SSSR count). The van der Waals surface area contributed by atoms with Gasteiger partial charge >= 0.3 is 0 Å². The molecule has 1 aromatic rings. The van der Waals surface area contributed by atoms with E-state index in [1.165, 1.54) is 11.4 Å². The number of ether oxygens (including phenoxy) is 1. The van der Waals surface area contributed by atoms with E-state index in [-0.39, 0.29) is 0 Å². The van der Waals surface area contributed by atoms with Crippen LogP contribution < -0.4 is 5.32 Å². The Balaban J connectivity index is 1.94. The van der Waals surface area contributed by atoms with Crippen LogP contribution in [0.25, 0.3) is 0 Å². The quantitative estimate of drug-likeness (QED) is 0.714. The molecule has 1 aliphatic rings. The highest BCUT2D eigenvalue weighted by Crippen LogP contribution is 2.09. The smallest absolute Gasteiger partial charge is 0.0628 e. The van der Waals surface area contributed by atoms with Gasteiger partial charge in [0.25, 0.3) is 0 Å². The predicted octanol–water partition coefficient (Wildman–Crippen LogP) is 0.565. The van der Waals surface area contributed by atoms with Crippen LogP contribution in [0, 0.1) is 0 Å². The molecule has 0 spiro atoms. The van der Waals surface area contributed by atoms with Crippen LogP contribution >= 0.6 is 0 Å². The van der Waals surface area contributed by atoms with Gasteiger partial charge in [0, 0.05) is 26.8 Å². The van der Waals surface area contributed by atoms with Gasteiger partial charge in [-0.15, -0.1) is 0 Å². The van der Waals surface area contributed by atoms with Crippen LogP contribution in [-0.2, 0) is 24.2 Å². The summed E-state index contributed by atoms with van der Waals surface area (Å²) in [5.41, 5.74) is 2.50. The first-order valence-corrected chi connectivity index (χ1v) is 5.15. The Morgan fingerprint density at radius 3 is 3.36 bits per heavy atom. The van der Waals surface area contributed by atoms with Crippen molar-refractivity contribution >= 4 is 0 Å². The molecule has 1 aromatic heterocycles. The van der Waals surface area contributed by atoms with Gasteiger partial charge in [0.2, 0.25) is 0 Å². The second kappa shape index (κ2) is 4.57. The molecule has 0 radical (unpaired) electrons. The average molecular weight is 195 g/mol. The van der Waals surface area contributed by atoms with Crippen LogP contribution in [-0.4, -0.2) is 30.0 Å². The fourth-order valence-corrected chi connectivity index (χ4v) is 1.77. The third-order valence-corrected chi connectivity index (χ3v) is 2.50. The molecule has 0 atom stereocenters. The second-order valence-electron chi connectivity index (χ2n) is 3.62. The first-order valence-electron chi connectivity index (χ1n) is 5.15. The molecule has 0 aromatic carbocycles. The molecule has 0 bridgehead atoms.